The first-order valence-electron chi connectivity index (χ1n) is 18.0. The van der Waals surface area contributed by atoms with Crippen molar-refractivity contribution >= 4 is 23.9 Å². The van der Waals surface area contributed by atoms with Gasteiger partial charge in [0.2, 0.25) is 0 Å². The van der Waals surface area contributed by atoms with Gasteiger partial charge in [0.25, 0.3) is 0 Å². The summed E-state index contributed by atoms with van der Waals surface area (Å²) in [6.07, 6.45) is -5.95. The molecule has 0 amide bonds. The highest BCUT2D eigenvalue weighted by atomic mass is 19.1. The molecule has 1 aromatic rings. The number of methoxy groups -OCH3 is 1. The quantitative estimate of drug-likeness (QED) is 0.221. The Bertz CT molecular complexity index is 1390. The van der Waals surface area contributed by atoms with E-state index < -0.39 is 101 Å². The Morgan fingerprint density at radius 3 is 1.71 bits per heavy atom. The SMILES string of the molecule is CO[C@H]1OCCC[C@@H]1[C@H](N[C@@H]1O[C@H](COC(=O)C(C)(C)C)[C@H](OC(=O)C(C)(C)C)[C@H](OC(=O)C(C)(C)C)[C@H]1OC(=O)C(C)(C)C)c1ccc(F)cc1. The maximum atomic E-state index is 14.2. The summed E-state index contributed by atoms with van der Waals surface area (Å²) in [7, 11) is 1.53. The summed E-state index contributed by atoms with van der Waals surface area (Å²) >= 11 is 0. The fourth-order valence-corrected chi connectivity index (χ4v) is 5.52. The number of ether oxygens (including phenoxy) is 7. The lowest BCUT2D eigenvalue weighted by Gasteiger charge is -2.48. The van der Waals surface area contributed by atoms with Gasteiger partial charge in [-0.05, 0) is 114 Å². The van der Waals surface area contributed by atoms with Crippen molar-refractivity contribution in [3.05, 3.63) is 35.6 Å². The Kier molecular flexibility index (Phi) is 14.1. The van der Waals surface area contributed by atoms with Gasteiger partial charge in [0, 0.05) is 25.7 Å². The summed E-state index contributed by atoms with van der Waals surface area (Å²) in [4.78, 5) is 53.9. The zero-order chi connectivity index (χ0) is 39.4. The highest BCUT2D eigenvalue weighted by molar-refractivity contribution is 5.78. The average molecular weight is 738 g/mol. The maximum absolute atomic E-state index is 14.2. The Morgan fingerprint density at radius 1 is 0.750 bits per heavy atom. The van der Waals surface area contributed by atoms with Gasteiger partial charge in [-0.25, -0.2) is 4.39 Å². The number of carbonyl (C=O) groups is 4. The number of rotatable bonds is 10. The van der Waals surface area contributed by atoms with Crippen molar-refractivity contribution in [2.24, 2.45) is 27.6 Å². The van der Waals surface area contributed by atoms with Gasteiger partial charge < -0.3 is 33.2 Å². The van der Waals surface area contributed by atoms with E-state index >= 15 is 0 Å². The molecule has 2 aliphatic rings. The number of hydrogen-bond acceptors (Lipinski definition) is 12. The molecule has 12 nitrogen and oxygen atoms in total. The highest BCUT2D eigenvalue weighted by Gasteiger charge is 2.55. The molecule has 0 aliphatic carbocycles. The third kappa shape index (κ3) is 11.4. The van der Waals surface area contributed by atoms with E-state index in [1.54, 1.807) is 95.2 Å². The molecule has 294 valence electrons. The summed E-state index contributed by atoms with van der Waals surface area (Å²) in [5, 5.41) is 3.47. The van der Waals surface area contributed by atoms with E-state index in [0.29, 0.717) is 25.0 Å². The van der Waals surface area contributed by atoms with Crippen LogP contribution in [0, 0.1) is 33.4 Å². The van der Waals surface area contributed by atoms with E-state index in [0.717, 1.165) is 0 Å². The van der Waals surface area contributed by atoms with Crippen LogP contribution >= 0.6 is 0 Å². The second-order valence-corrected chi connectivity index (χ2v) is 17.8. The molecule has 13 heteroatoms. The molecule has 0 unspecified atom stereocenters. The number of esters is 4. The molecule has 2 heterocycles. The van der Waals surface area contributed by atoms with Gasteiger partial charge in [0.15, 0.2) is 30.8 Å². The van der Waals surface area contributed by atoms with Gasteiger partial charge in [0.1, 0.15) is 18.5 Å². The molecule has 8 atom stereocenters. The Morgan fingerprint density at radius 2 is 1.23 bits per heavy atom. The molecular weight excluding hydrogens is 677 g/mol. The summed E-state index contributed by atoms with van der Waals surface area (Å²) < 4.78 is 56.7. The van der Waals surface area contributed by atoms with Crippen molar-refractivity contribution in [1.29, 1.82) is 0 Å². The predicted molar refractivity (Wildman–Crippen MR) is 189 cm³/mol. The molecule has 3 rings (SSSR count). The fraction of sp³-hybridized carbons (Fsp3) is 0.744. The summed E-state index contributed by atoms with van der Waals surface area (Å²) in [6, 6.07) is 5.27. The van der Waals surface area contributed by atoms with Crippen LogP contribution in [0.5, 0.6) is 0 Å². The molecule has 2 fully saturated rings. The van der Waals surface area contributed by atoms with Crippen LogP contribution in [0.15, 0.2) is 24.3 Å². The standard InChI is InChI=1S/C39H60FNO11/c1-36(2,3)32(42)48-21-25-27(50-33(43)37(4,5)6)28(51-34(44)38(7,8)9)29(52-35(45)39(10,11)12)30(49-25)41-26(22-16-18-23(40)19-17-22)24-15-14-20-47-31(24)46-13/h16-19,24-31,41H,14-15,20-21H2,1-13H3/t24-,25-,26-,27+,28+,29-,30-,31+/m1/s1. The Balaban J connectivity index is 2.26. The van der Waals surface area contributed by atoms with Crippen LogP contribution in [0.3, 0.4) is 0 Å². The van der Waals surface area contributed by atoms with E-state index in [1.165, 1.54) is 19.2 Å². The van der Waals surface area contributed by atoms with Crippen LogP contribution < -0.4 is 5.32 Å². The number of carbonyl (C=O) groups excluding carboxylic acids is 4. The summed E-state index contributed by atoms with van der Waals surface area (Å²) in [6.45, 7) is 20.2. The van der Waals surface area contributed by atoms with E-state index in [4.69, 9.17) is 33.2 Å². The second kappa shape index (κ2) is 16.9. The Hall–Kier alpha value is -3.13. The van der Waals surface area contributed by atoms with Gasteiger partial charge in [0.05, 0.1) is 21.7 Å². The number of benzene rings is 1. The van der Waals surface area contributed by atoms with E-state index in [-0.39, 0.29) is 5.92 Å². The first-order valence-corrected chi connectivity index (χ1v) is 18.0. The lowest BCUT2D eigenvalue weighted by molar-refractivity contribution is -0.268. The average Bonchev–Trinajstić information content (AvgIpc) is 3.03. The van der Waals surface area contributed by atoms with Crippen LogP contribution in [-0.2, 0) is 52.3 Å². The lowest BCUT2D eigenvalue weighted by atomic mass is 9.86. The van der Waals surface area contributed by atoms with Gasteiger partial charge in [-0.1, -0.05) is 12.1 Å². The number of halogens is 1. The Labute approximate surface area is 308 Å². The van der Waals surface area contributed by atoms with Gasteiger partial charge in [-0.3, -0.25) is 24.5 Å². The predicted octanol–water partition coefficient (Wildman–Crippen LogP) is 6.04. The molecule has 2 saturated heterocycles. The van der Waals surface area contributed by atoms with E-state index in [2.05, 4.69) is 5.32 Å². The monoisotopic (exact) mass is 737 g/mol. The minimum atomic E-state index is -1.43. The topological polar surface area (TPSA) is 145 Å². The molecule has 0 aromatic heterocycles. The normalized spacial score (nSPS) is 26.5. The van der Waals surface area contributed by atoms with Crippen molar-refractivity contribution in [3.63, 3.8) is 0 Å². The summed E-state index contributed by atoms with van der Waals surface area (Å²) in [5.74, 6) is -3.27. The molecule has 0 bridgehead atoms. The van der Waals surface area contributed by atoms with E-state index in [1.807, 2.05) is 0 Å². The lowest BCUT2D eigenvalue weighted by Crippen LogP contribution is -2.67. The molecule has 0 radical (unpaired) electrons. The molecule has 2 aliphatic heterocycles. The third-order valence-electron chi connectivity index (χ3n) is 8.74. The number of hydrogen-bond donors (Lipinski definition) is 1. The smallest absolute Gasteiger partial charge is 0.311 e. The zero-order valence-corrected chi connectivity index (χ0v) is 33.1. The van der Waals surface area contributed by atoms with Crippen molar-refractivity contribution in [2.75, 3.05) is 20.3 Å². The second-order valence-electron chi connectivity index (χ2n) is 17.8. The van der Waals surface area contributed by atoms with Gasteiger partial charge >= 0.3 is 23.9 Å². The van der Waals surface area contributed by atoms with Crippen LogP contribution in [0.2, 0.25) is 0 Å². The van der Waals surface area contributed by atoms with Crippen molar-refractivity contribution in [2.45, 2.75) is 139 Å². The third-order valence-corrected chi connectivity index (χ3v) is 8.74. The molecule has 1 aromatic carbocycles. The minimum absolute atomic E-state index is 0.337. The molecule has 1 N–H and O–H groups in total. The minimum Gasteiger partial charge on any atom is -0.462 e. The summed E-state index contributed by atoms with van der Waals surface area (Å²) in [5.41, 5.74) is -3.25. The van der Waals surface area contributed by atoms with Crippen LogP contribution in [-0.4, -0.2) is 81.1 Å². The van der Waals surface area contributed by atoms with Gasteiger partial charge in [-0.2, -0.15) is 0 Å². The maximum Gasteiger partial charge on any atom is 0.311 e. The van der Waals surface area contributed by atoms with Crippen LogP contribution in [0.25, 0.3) is 0 Å². The van der Waals surface area contributed by atoms with Crippen molar-refractivity contribution in [1.82, 2.24) is 5.32 Å². The van der Waals surface area contributed by atoms with Crippen molar-refractivity contribution < 1.29 is 56.7 Å². The largest absolute Gasteiger partial charge is 0.462 e. The molecule has 0 spiro atoms. The zero-order valence-electron chi connectivity index (χ0n) is 33.1. The van der Waals surface area contributed by atoms with Crippen LogP contribution in [0.4, 0.5) is 4.39 Å². The van der Waals surface area contributed by atoms with Crippen LogP contribution in [0.1, 0.15) is 108 Å². The molecule has 0 saturated carbocycles. The highest BCUT2D eigenvalue weighted by Crippen LogP contribution is 2.38. The van der Waals surface area contributed by atoms with E-state index in [9.17, 15) is 23.6 Å². The molecular formula is C39H60FNO11. The molecule has 52 heavy (non-hydrogen) atoms. The number of nitrogens with one attached hydrogen (secondary N) is 1. The first-order chi connectivity index (χ1) is 23.8. The van der Waals surface area contributed by atoms with Gasteiger partial charge in [-0.15, -0.1) is 0 Å². The first kappa shape index (κ1) is 43.3. The van der Waals surface area contributed by atoms with Crippen molar-refractivity contribution in [3.8, 4) is 0 Å². The fourth-order valence-electron chi connectivity index (χ4n) is 5.52.